The number of hydrogen-bond acceptors (Lipinski definition) is 4. The van der Waals surface area contributed by atoms with Gasteiger partial charge in [-0.1, -0.05) is 26.2 Å². The van der Waals surface area contributed by atoms with Crippen LogP contribution in [-0.4, -0.2) is 59.9 Å². The van der Waals surface area contributed by atoms with E-state index in [-0.39, 0.29) is 11.1 Å². The van der Waals surface area contributed by atoms with Gasteiger partial charge in [0.05, 0.1) is 13.2 Å². The molecule has 0 unspecified atom stereocenters. The molecule has 0 aliphatic carbocycles. The summed E-state index contributed by atoms with van der Waals surface area (Å²) in [5.41, 5.74) is 0.172. The molecular formula is C18H31NO5. The second-order valence-electron chi connectivity index (χ2n) is 6.29. The molecule has 1 aliphatic rings. The number of morpholine rings is 1. The van der Waals surface area contributed by atoms with Crippen molar-refractivity contribution in [2.45, 2.75) is 58.3 Å². The van der Waals surface area contributed by atoms with Gasteiger partial charge in [-0.2, -0.15) is 0 Å². The quantitative estimate of drug-likeness (QED) is 0.419. The van der Waals surface area contributed by atoms with Gasteiger partial charge in [0.25, 0.3) is 0 Å². The summed E-state index contributed by atoms with van der Waals surface area (Å²) in [6.45, 7) is 6.33. The van der Waals surface area contributed by atoms with Crippen molar-refractivity contribution in [3.05, 3.63) is 11.1 Å². The van der Waals surface area contributed by atoms with Gasteiger partial charge < -0.3 is 14.9 Å². The van der Waals surface area contributed by atoms with Gasteiger partial charge in [0.2, 0.25) is 0 Å². The second kappa shape index (κ2) is 12.0. The van der Waals surface area contributed by atoms with E-state index in [2.05, 4.69) is 11.8 Å². The number of carboxylic acid groups (broad SMARTS) is 2. The molecule has 0 spiro atoms. The summed E-state index contributed by atoms with van der Waals surface area (Å²) in [5, 5.41) is 18.8. The molecule has 1 heterocycles. The molecule has 138 valence electrons. The molecule has 0 bridgehead atoms. The van der Waals surface area contributed by atoms with E-state index in [0.717, 1.165) is 65.0 Å². The number of ether oxygens (including phenoxy) is 1. The number of carboxylic acids is 2. The first-order chi connectivity index (χ1) is 11.6. The molecule has 0 aromatic rings. The van der Waals surface area contributed by atoms with Gasteiger partial charge >= 0.3 is 11.9 Å². The van der Waals surface area contributed by atoms with Crippen molar-refractivity contribution in [1.29, 1.82) is 0 Å². The third-order valence-electron chi connectivity index (χ3n) is 4.42. The van der Waals surface area contributed by atoms with E-state index in [1.165, 1.54) is 0 Å². The van der Waals surface area contributed by atoms with Gasteiger partial charge in [-0.05, 0) is 38.6 Å². The highest BCUT2D eigenvalue weighted by Gasteiger charge is 2.19. The summed E-state index contributed by atoms with van der Waals surface area (Å²) in [7, 11) is 0. The average Bonchev–Trinajstić information content (AvgIpc) is 2.56. The van der Waals surface area contributed by atoms with Crippen molar-refractivity contribution in [2.75, 3.05) is 32.8 Å². The van der Waals surface area contributed by atoms with Gasteiger partial charge in [0.15, 0.2) is 0 Å². The molecule has 1 aliphatic heterocycles. The van der Waals surface area contributed by atoms with Gasteiger partial charge in [-0.15, -0.1) is 0 Å². The number of rotatable bonds is 12. The Labute approximate surface area is 144 Å². The predicted molar refractivity (Wildman–Crippen MR) is 92.2 cm³/mol. The molecule has 0 saturated carbocycles. The van der Waals surface area contributed by atoms with Crippen LogP contribution in [0.15, 0.2) is 11.1 Å². The lowest BCUT2D eigenvalue weighted by molar-refractivity contribution is -0.136. The number of aliphatic carboxylic acids is 2. The first kappa shape index (κ1) is 20.6. The topological polar surface area (TPSA) is 87.1 Å². The van der Waals surface area contributed by atoms with Crippen LogP contribution in [0.25, 0.3) is 0 Å². The number of carbonyl (C=O) groups is 2. The molecule has 0 aromatic heterocycles. The largest absolute Gasteiger partial charge is 0.478 e. The summed E-state index contributed by atoms with van der Waals surface area (Å²) < 4.78 is 5.30. The Kier molecular flexibility index (Phi) is 10.4. The van der Waals surface area contributed by atoms with Crippen molar-refractivity contribution in [1.82, 2.24) is 4.90 Å². The van der Waals surface area contributed by atoms with E-state index in [0.29, 0.717) is 19.3 Å². The first-order valence-corrected chi connectivity index (χ1v) is 9.05. The molecule has 6 heteroatoms. The lowest BCUT2D eigenvalue weighted by Gasteiger charge is -2.26. The Morgan fingerprint density at radius 2 is 1.42 bits per heavy atom. The van der Waals surface area contributed by atoms with E-state index in [9.17, 15) is 19.8 Å². The Morgan fingerprint density at radius 3 is 1.92 bits per heavy atom. The zero-order valence-electron chi connectivity index (χ0n) is 14.8. The first-order valence-electron chi connectivity index (χ1n) is 9.05. The van der Waals surface area contributed by atoms with Crippen LogP contribution in [0.3, 0.4) is 0 Å². The van der Waals surface area contributed by atoms with Crippen molar-refractivity contribution in [2.24, 2.45) is 0 Å². The van der Waals surface area contributed by atoms with Crippen molar-refractivity contribution in [3.8, 4) is 0 Å². The minimum absolute atomic E-state index is 0.0842. The fourth-order valence-electron chi connectivity index (χ4n) is 2.96. The Balaban J connectivity index is 2.50. The van der Waals surface area contributed by atoms with E-state index < -0.39 is 11.9 Å². The van der Waals surface area contributed by atoms with E-state index in [1.54, 1.807) is 0 Å². The van der Waals surface area contributed by atoms with Crippen molar-refractivity contribution >= 4 is 11.9 Å². The number of unbranched alkanes of at least 4 members (excludes halogenated alkanes) is 4. The van der Waals surface area contributed by atoms with Gasteiger partial charge in [0, 0.05) is 24.2 Å². The highest BCUT2D eigenvalue weighted by molar-refractivity contribution is 5.98. The number of hydrogen-bond donors (Lipinski definition) is 2. The maximum Gasteiger partial charge on any atom is 0.332 e. The highest BCUT2D eigenvalue weighted by atomic mass is 16.5. The molecule has 2 N–H and O–H groups in total. The van der Waals surface area contributed by atoms with Crippen LogP contribution in [0.1, 0.15) is 58.3 Å². The average molecular weight is 341 g/mol. The fraction of sp³-hybridized carbons (Fsp3) is 0.778. The molecule has 0 atom stereocenters. The summed E-state index contributed by atoms with van der Waals surface area (Å²) in [4.78, 5) is 25.2. The van der Waals surface area contributed by atoms with Gasteiger partial charge in [0.1, 0.15) is 0 Å². The van der Waals surface area contributed by atoms with Gasteiger partial charge in [-0.3, -0.25) is 4.90 Å². The Hall–Kier alpha value is -1.40. The predicted octanol–water partition coefficient (Wildman–Crippen LogP) is 2.93. The maximum atomic E-state index is 11.5. The summed E-state index contributed by atoms with van der Waals surface area (Å²) >= 11 is 0. The van der Waals surface area contributed by atoms with E-state index >= 15 is 0 Å². The molecule has 0 aromatic carbocycles. The minimum atomic E-state index is -1.09. The zero-order valence-corrected chi connectivity index (χ0v) is 14.8. The number of nitrogens with zero attached hydrogens (tertiary/aromatic N) is 1. The standard InChI is InChI=1S/C18H31NO5/c1-2-3-4-5-8-15(17(20)21)16(18(22)23)9-6-7-10-19-11-13-24-14-12-19/h2-14H2,1H3,(H,20,21)(H,22,23)/b16-15+. The minimum Gasteiger partial charge on any atom is -0.478 e. The van der Waals surface area contributed by atoms with E-state index in [4.69, 9.17) is 4.74 Å². The van der Waals surface area contributed by atoms with Crippen LogP contribution >= 0.6 is 0 Å². The molecule has 1 saturated heterocycles. The second-order valence-corrected chi connectivity index (χ2v) is 6.29. The van der Waals surface area contributed by atoms with Crippen LogP contribution in [-0.2, 0) is 14.3 Å². The normalized spacial score (nSPS) is 16.7. The Bertz CT molecular complexity index is 427. The monoisotopic (exact) mass is 341 g/mol. The molecule has 0 amide bonds. The van der Waals surface area contributed by atoms with Crippen LogP contribution in [0.4, 0.5) is 0 Å². The molecule has 24 heavy (non-hydrogen) atoms. The summed E-state index contributed by atoms with van der Waals surface area (Å²) in [6, 6.07) is 0. The lowest BCUT2D eigenvalue weighted by Crippen LogP contribution is -2.36. The summed E-state index contributed by atoms with van der Waals surface area (Å²) in [5.74, 6) is -2.17. The van der Waals surface area contributed by atoms with Crippen molar-refractivity contribution in [3.63, 3.8) is 0 Å². The molecule has 6 nitrogen and oxygen atoms in total. The molecule has 0 radical (unpaired) electrons. The van der Waals surface area contributed by atoms with Crippen LogP contribution in [0.2, 0.25) is 0 Å². The van der Waals surface area contributed by atoms with E-state index in [1.807, 2.05) is 0 Å². The smallest absolute Gasteiger partial charge is 0.332 e. The SMILES string of the molecule is CCCCCC/C(C(=O)O)=C(/CCCCN1CCOCC1)C(=O)O. The van der Waals surface area contributed by atoms with Crippen LogP contribution in [0.5, 0.6) is 0 Å². The molecule has 1 rings (SSSR count). The third kappa shape index (κ3) is 7.93. The Morgan fingerprint density at radius 1 is 0.875 bits per heavy atom. The van der Waals surface area contributed by atoms with Crippen LogP contribution < -0.4 is 0 Å². The van der Waals surface area contributed by atoms with Crippen molar-refractivity contribution < 1.29 is 24.5 Å². The molecular weight excluding hydrogens is 310 g/mol. The van der Waals surface area contributed by atoms with Crippen LogP contribution in [0, 0.1) is 0 Å². The van der Waals surface area contributed by atoms with Gasteiger partial charge in [-0.25, -0.2) is 9.59 Å². The zero-order chi connectivity index (χ0) is 17.8. The summed E-state index contributed by atoms with van der Waals surface area (Å²) in [6.07, 6.45) is 6.05. The molecule has 1 fully saturated rings. The fourth-order valence-corrected chi connectivity index (χ4v) is 2.96. The lowest BCUT2D eigenvalue weighted by atomic mass is 9.97. The highest BCUT2D eigenvalue weighted by Crippen LogP contribution is 2.20. The maximum absolute atomic E-state index is 11.5. The third-order valence-corrected chi connectivity index (χ3v) is 4.42.